The van der Waals surface area contributed by atoms with Gasteiger partial charge in [-0.1, -0.05) is 6.08 Å². The number of anilines is 2. The van der Waals surface area contributed by atoms with Crippen molar-refractivity contribution in [2.24, 2.45) is 0 Å². The van der Waals surface area contributed by atoms with Gasteiger partial charge in [0.15, 0.2) is 11.5 Å². The first-order chi connectivity index (χ1) is 17.1. The lowest BCUT2D eigenvalue weighted by atomic mass is 10.1. The molecule has 0 amide bonds. The van der Waals surface area contributed by atoms with Gasteiger partial charge >= 0.3 is 0 Å². The molecule has 6 rings (SSSR count). The third-order valence-corrected chi connectivity index (χ3v) is 5.87. The van der Waals surface area contributed by atoms with E-state index in [1.165, 1.54) is 24.3 Å². The molecule has 1 aliphatic heterocycles. The van der Waals surface area contributed by atoms with E-state index < -0.39 is 5.82 Å². The zero-order valence-corrected chi connectivity index (χ0v) is 20.1. The van der Waals surface area contributed by atoms with E-state index in [1.807, 2.05) is 19.1 Å². The van der Waals surface area contributed by atoms with Crippen molar-refractivity contribution >= 4 is 46.2 Å². The predicted molar refractivity (Wildman–Crippen MR) is 138 cm³/mol. The summed E-state index contributed by atoms with van der Waals surface area (Å²) in [7, 11) is 0. The van der Waals surface area contributed by atoms with Gasteiger partial charge in [-0.05, 0) is 55.3 Å². The van der Waals surface area contributed by atoms with Crippen LogP contribution in [0.2, 0.25) is 0 Å². The van der Waals surface area contributed by atoms with E-state index in [4.69, 9.17) is 9.72 Å². The van der Waals surface area contributed by atoms with Gasteiger partial charge in [0, 0.05) is 24.9 Å². The number of nitrogens with zero attached hydrogens (tertiary/aromatic N) is 6. The van der Waals surface area contributed by atoms with Gasteiger partial charge in [0.25, 0.3) is 0 Å². The van der Waals surface area contributed by atoms with Gasteiger partial charge in [0.2, 0.25) is 0 Å². The number of aromatic nitrogens is 6. The third kappa shape index (κ3) is 4.56. The normalized spacial score (nSPS) is 13.3. The standard InChI is InChI=1S/C25H21FN8O.ClH/c1-15-10-21(18(26)12-22(15)35-17-6-9-34-23(11-17)29-14-31-34)33-25-24-20(28-13-30-25)3-2-19(32-24)16-4-7-27-8-5-16;/h2-4,6,9-14,27H,5,7-8H2,1H3,(H,28,30,33);1H. The molecule has 4 aromatic heterocycles. The average molecular weight is 505 g/mol. The Kier molecular flexibility index (Phi) is 6.45. The van der Waals surface area contributed by atoms with E-state index in [9.17, 15) is 0 Å². The van der Waals surface area contributed by atoms with Crippen molar-refractivity contribution in [3.63, 3.8) is 0 Å². The van der Waals surface area contributed by atoms with Crippen molar-refractivity contribution in [3.05, 3.63) is 78.4 Å². The van der Waals surface area contributed by atoms with Crippen molar-refractivity contribution in [1.82, 2.24) is 34.9 Å². The van der Waals surface area contributed by atoms with Gasteiger partial charge in [-0.3, -0.25) is 0 Å². The van der Waals surface area contributed by atoms with E-state index in [0.29, 0.717) is 34.0 Å². The van der Waals surface area contributed by atoms with Crippen LogP contribution in [-0.4, -0.2) is 42.6 Å². The largest absolute Gasteiger partial charge is 0.457 e. The third-order valence-electron chi connectivity index (χ3n) is 5.87. The molecule has 0 unspecified atom stereocenters. The van der Waals surface area contributed by atoms with Gasteiger partial charge in [-0.2, -0.15) is 5.10 Å². The molecule has 1 aromatic carbocycles. The van der Waals surface area contributed by atoms with E-state index in [0.717, 1.165) is 30.8 Å². The molecule has 11 heteroatoms. The summed E-state index contributed by atoms with van der Waals surface area (Å²) in [6.45, 7) is 3.58. The Labute approximate surface area is 211 Å². The van der Waals surface area contributed by atoms with Crippen molar-refractivity contribution in [2.45, 2.75) is 13.3 Å². The molecule has 182 valence electrons. The highest BCUT2D eigenvalue weighted by Gasteiger charge is 2.15. The van der Waals surface area contributed by atoms with Gasteiger partial charge in [-0.25, -0.2) is 28.8 Å². The Balaban J connectivity index is 0.00000267. The number of hydrogen-bond acceptors (Lipinski definition) is 8. The minimum atomic E-state index is -0.474. The van der Waals surface area contributed by atoms with E-state index in [-0.39, 0.29) is 18.1 Å². The Morgan fingerprint density at radius 2 is 2.00 bits per heavy atom. The lowest BCUT2D eigenvalue weighted by Gasteiger charge is -2.15. The van der Waals surface area contributed by atoms with Crippen molar-refractivity contribution in [3.8, 4) is 11.5 Å². The fourth-order valence-corrected chi connectivity index (χ4v) is 4.05. The molecule has 5 heterocycles. The van der Waals surface area contributed by atoms with Crippen LogP contribution in [0.1, 0.15) is 17.7 Å². The molecule has 9 nitrogen and oxygen atoms in total. The maximum Gasteiger partial charge on any atom is 0.160 e. The minimum Gasteiger partial charge on any atom is -0.457 e. The molecule has 0 aliphatic carbocycles. The molecule has 0 bridgehead atoms. The highest BCUT2D eigenvalue weighted by atomic mass is 35.5. The quantitative estimate of drug-likeness (QED) is 0.350. The molecule has 36 heavy (non-hydrogen) atoms. The lowest BCUT2D eigenvalue weighted by Crippen LogP contribution is -2.20. The summed E-state index contributed by atoms with van der Waals surface area (Å²) < 4.78 is 22.7. The molecule has 0 atom stereocenters. The van der Waals surface area contributed by atoms with E-state index >= 15 is 4.39 Å². The van der Waals surface area contributed by atoms with Gasteiger partial charge in [-0.15, -0.1) is 12.4 Å². The molecule has 2 N–H and O–H groups in total. The number of rotatable bonds is 5. The van der Waals surface area contributed by atoms with Crippen LogP contribution in [0.25, 0.3) is 22.3 Å². The van der Waals surface area contributed by atoms with Gasteiger partial charge in [0.1, 0.15) is 35.5 Å². The van der Waals surface area contributed by atoms with E-state index in [1.54, 1.807) is 28.9 Å². The first-order valence-electron chi connectivity index (χ1n) is 11.2. The highest BCUT2D eigenvalue weighted by Crippen LogP contribution is 2.32. The number of ether oxygens (including phenoxy) is 1. The van der Waals surface area contributed by atoms with Crippen LogP contribution in [0, 0.1) is 12.7 Å². The summed E-state index contributed by atoms with van der Waals surface area (Å²) in [6.07, 6.45) is 7.67. The average Bonchev–Trinajstić information content (AvgIpc) is 3.35. The van der Waals surface area contributed by atoms with Crippen molar-refractivity contribution < 1.29 is 9.13 Å². The lowest BCUT2D eigenvalue weighted by molar-refractivity contribution is 0.473. The van der Waals surface area contributed by atoms with Crippen LogP contribution in [-0.2, 0) is 0 Å². The molecule has 0 spiro atoms. The summed E-state index contributed by atoms with van der Waals surface area (Å²) in [5.74, 6) is 0.913. The topological polar surface area (TPSA) is 102 Å². The summed E-state index contributed by atoms with van der Waals surface area (Å²) in [4.78, 5) is 17.6. The second-order valence-electron chi connectivity index (χ2n) is 8.22. The predicted octanol–water partition coefficient (Wildman–Crippen LogP) is 4.85. The minimum absolute atomic E-state index is 0. The second kappa shape index (κ2) is 9.84. The van der Waals surface area contributed by atoms with Crippen LogP contribution < -0.4 is 15.4 Å². The van der Waals surface area contributed by atoms with Crippen molar-refractivity contribution in [2.75, 3.05) is 18.4 Å². The first kappa shape index (κ1) is 23.6. The zero-order valence-electron chi connectivity index (χ0n) is 19.3. The van der Waals surface area contributed by atoms with E-state index in [2.05, 4.69) is 36.8 Å². The maximum absolute atomic E-state index is 15.1. The smallest absolute Gasteiger partial charge is 0.160 e. The SMILES string of the molecule is Cc1cc(Nc2ncnc3ccc(C4=CCNCC4)nc23)c(F)cc1Oc1ccn2ncnc2c1.Cl. The highest BCUT2D eigenvalue weighted by molar-refractivity contribution is 5.88. The van der Waals surface area contributed by atoms with Crippen LogP contribution >= 0.6 is 12.4 Å². The maximum atomic E-state index is 15.1. The first-order valence-corrected chi connectivity index (χ1v) is 11.2. The Morgan fingerprint density at radius 3 is 2.86 bits per heavy atom. The number of halogens is 2. The number of benzene rings is 1. The Morgan fingerprint density at radius 1 is 1.08 bits per heavy atom. The Bertz CT molecular complexity index is 1600. The van der Waals surface area contributed by atoms with Gasteiger partial charge in [0.05, 0.1) is 16.9 Å². The molecular formula is C25H22ClFN8O. The molecule has 0 saturated carbocycles. The summed E-state index contributed by atoms with van der Waals surface area (Å²) >= 11 is 0. The summed E-state index contributed by atoms with van der Waals surface area (Å²) in [5.41, 5.74) is 4.99. The van der Waals surface area contributed by atoms with Crippen molar-refractivity contribution in [1.29, 1.82) is 0 Å². The fourth-order valence-electron chi connectivity index (χ4n) is 4.05. The van der Waals surface area contributed by atoms with Gasteiger partial charge < -0.3 is 15.4 Å². The molecule has 0 fully saturated rings. The van der Waals surface area contributed by atoms with Crippen LogP contribution in [0.5, 0.6) is 11.5 Å². The number of pyridine rings is 2. The fraction of sp³-hybridized carbons (Fsp3) is 0.160. The monoisotopic (exact) mass is 504 g/mol. The molecule has 0 radical (unpaired) electrons. The molecule has 5 aromatic rings. The second-order valence-corrected chi connectivity index (χ2v) is 8.22. The zero-order chi connectivity index (χ0) is 23.8. The molecule has 0 saturated heterocycles. The summed E-state index contributed by atoms with van der Waals surface area (Å²) in [5, 5.41) is 10.5. The Hall–Kier alpha value is -4.15. The molecular weight excluding hydrogens is 483 g/mol. The van der Waals surface area contributed by atoms with Crippen LogP contribution in [0.3, 0.4) is 0 Å². The number of nitrogens with one attached hydrogen (secondary N) is 2. The number of aryl methyl sites for hydroxylation is 1. The van der Waals surface area contributed by atoms with Crippen LogP contribution in [0.15, 0.2) is 61.3 Å². The number of fused-ring (bicyclic) bond motifs is 2. The van der Waals surface area contributed by atoms with Crippen LogP contribution in [0.4, 0.5) is 15.9 Å². The molecule has 1 aliphatic rings. The number of hydrogen-bond donors (Lipinski definition) is 2. The summed E-state index contributed by atoms with van der Waals surface area (Å²) in [6, 6.07) is 10.4.